The van der Waals surface area contributed by atoms with Crippen LogP contribution in [0.15, 0.2) is 24.3 Å². The lowest BCUT2D eigenvalue weighted by atomic mass is 10.1. The van der Waals surface area contributed by atoms with Crippen LogP contribution >= 0.6 is 16.1 Å². The zero-order chi connectivity index (χ0) is 16.0. The summed E-state index contributed by atoms with van der Waals surface area (Å²) in [5.74, 6) is -0.263. The zero-order valence-electron chi connectivity index (χ0n) is 13.4. The van der Waals surface area contributed by atoms with Gasteiger partial charge in [-0.05, 0) is 24.6 Å². The number of nitrogens with one attached hydrogen (secondary N) is 2. The Bertz CT molecular complexity index is 427. The fourth-order valence-corrected chi connectivity index (χ4v) is 2.49. The Balaban J connectivity index is 2.12. The molecule has 0 bridgehead atoms. The van der Waals surface area contributed by atoms with Crippen LogP contribution in [0.3, 0.4) is 0 Å². The van der Waals surface area contributed by atoms with Gasteiger partial charge >= 0.3 is 5.97 Å². The molecular formula is C17H27BrN2O2. The van der Waals surface area contributed by atoms with Crippen LogP contribution < -0.4 is 9.88 Å². The molecule has 0 aromatic heterocycles. The third-order valence-corrected chi connectivity index (χ3v) is 3.72. The molecule has 0 atom stereocenters. The van der Waals surface area contributed by atoms with Gasteiger partial charge in [-0.3, -0.25) is 0 Å². The number of hydrazine groups is 1. The van der Waals surface area contributed by atoms with Gasteiger partial charge in [0.1, 0.15) is 0 Å². The van der Waals surface area contributed by atoms with Crippen molar-refractivity contribution in [3.05, 3.63) is 29.8 Å². The second kappa shape index (κ2) is 12.5. The van der Waals surface area contributed by atoms with Gasteiger partial charge in [-0.2, -0.15) is 4.45 Å². The van der Waals surface area contributed by atoms with E-state index >= 15 is 0 Å². The largest absolute Gasteiger partial charge is 0.462 e. The number of hydrogen-bond acceptors (Lipinski definition) is 4. The van der Waals surface area contributed by atoms with E-state index < -0.39 is 0 Å². The third-order valence-electron chi connectivity index (χ3n) is 3.52. The van der Waals surface area contributed by atoms with Crippen molar-refractivity contribution in [2.45, 2.75) is 58.3 Å². The quantitative estimate of drug-likeness (QED) is 0.229. The molecular weight excluding hydrogens is 344 g/mol. The van der Waals surface area contributed by atoms with Crippen LogP contribution in [0.25, 0.3) is 0 Å². The Labute approximate surface area is 142 Å². The van der Waals surface area contributed by atoms with E-state index in [2.05, 4.69) is 32.9 Å². The first kappa shape index (κ1) is 19.0. The topological polar surface area (TPSA) is 50.4 Å². The number of benzene rings is 1. The summed E-state index contributed by atoms with van der Waals surface area (Å²) >= 11 is 3.06. The molecule has 22 heavy (non-hydrogen) atoms. The standard InChI is InChI=1S/C17H27BrN2O2/c1-2-3-4-5-6-7-8-9-13-22-17(21)15-11-10-12-16(14-15)19-20-18/h10-12,14,19-20H,2-9,13H2,1H3. The molecule has 0 spiro atoms. The molecule has 124 valence electrons. The maximum Gasteiger partial charge on any atom is 0.338 e. The number of esters is 1. The summed E-state index contributed by atoms with van der Waals surface area (Å²) in [5.41, 5.74) is 4.23. The number of anilines is 1. The molecule has 1 aromatic carbocycles. The number of rotatable bonds is 12. The summed E-state index contributed by atoms with van der Waals surface area (Å²) in [7, 11) is 0. The lowest BCUT2D eigenvalue weighted by Gasteiger charge is -2.07. The second-order valence-electron chi connectivity index (χ2n) is 5.41. The second-order valence-corrected chi connectivity index (χ2v) is 5.81. The Kier molecular flexibility index (Phi) is 10.8. The monoisotopic (exact) mass is 370 g/mol. The molecule has 1 aromatic rings. The average molecular weight is 371 g/mol. The Morgan fingerprint density at radius 2 is 1.77 bits per heavy atom. The van der Waals surface area contributed by atoms with Crippen molar-refractivity contribution in [3.8, 4) is 0 Å². The van der Waals surface area contributed by atoms with Crippen LogP contribution in [0.1, 0.15) is 68.6 Å². The van der Waals surface area contributed by atoms with Gasteiger partial charge in [0, 0.05) is 16.1 Å². The van der Waals surface area contributed by atoms with Gasteiger partial charge in [0.2, 0.25) is 0 Å². The molecule has 1 rings (SSSR count). The maximum atomic E-state index is 11.9. The fourth-order valence-electron chi connectivity index (χ4n) is 2.26. The van der Waals surface area contributed by atoms with Gasteiger partial charge in [0.15, 0.2) is 0 Å². The van der Waals surface area contributed by atoms with E-state index in [1.165, 1.54) is 38.5 Å². The zero-order valence-corrected chi connectivity index (χ0v) is 15.0. The van der Waals surface area contributed by atoms with Gasteiger partial charge in [0.25, 0.3) is 0 Å². The predicted molar refractivity (Wildman–Crippen MR) is 95.0 cm³/mol. The first-order chi connectivity index (χ1) is 10.8. The number of carbonyl (C=O) groups excluding carboxylic acids is 1. The van der Waals surface area contributed by atoms with Crippen LogP contribution in [-0.2, 0) is 4.74 Å². The molecule has 0 unspecified atom stereocenters. The molecule has 4 nitrogen and oxygen atoms in total. The molecule has 0 aliphatic rings. The fraction of sp³-hybridized carbons (Fsp3) is 0.588. The smallest absolute Gasteiger partial charge is 0.338 e. The van der Waals surface area contributed by atoms with E-state index in [0.717, 1.165) is 18.5 Å². The van der Waals surface area contributed by atoms with Crippen LogP contribution in [0.5, 0.6) is 0 Å². The van der Waals surface area contributed by atoms with E-state index in [1.54, 1.807) is 12.1 Å². The van der Waals surface area contributed by atoms with E-state index in [9.17, 15) is 4.79 Å². The highest BCUT2D eigenvalue weighted by Crippen LogP contribution is 2.12. The highest BCUT2D eigenvalue weighted by molar-refractivity contribution is 9.08. The third kappa shape index (κ3) is 8.39. The van der Waals surface area contributed by atoms with Gasteiger partial charge in [-0.15, -0.1) is 0 Å². The molecule has 0 fully saturated rings. The van der Waals surface area contributed by atoms with Gasteiger partial charge in [0.05, 0.1) is 17.9 Å². The van der Waals surface area contributed by atoms with Crippen LogP contribution in [0, 0.1) is 0 Å². The number of carbonyl (C=O) groups is 1. The van der Waals surface area contributed by atoms with Crippen molar-refractivity contribution in [2.75, 3.05) is 12.0 Å². The summed E-state index contributed by atoms with van der Waals surface area (Å²) in [6.07, 6.45) is 9.91. The van der Waals surface area contributed by atoms with Crippen molar-refractivity contribution < 1.29 is 9.53 Å². The Morgan fingerprint density at radius 3 is 2.45 bits per heavy atom. The van der Waals surface area contributed by atoms with E-state index in [0.29, 0.717) is 12.2 Å². The normalized spacial score (nSPS) is 10.5. The van der Waals surface area contributed by atoms with Crippen LogP contribution in [-0.4, -0.2) is 12.6 Å². The number of halogens is 1. The van der Waals surface area contributed by atoms with Crippen molar-refractivity contribution in [1.82, 2.24) is 4.45 Å². The lowest BCUT2D eigenvalue weighted by molar-refractivity contribution is 0.0497. The summed E-state index contributed by atoms with van der Waals surface area (Å²) < 4.78 is 7.95. The minimum Gasteiger partial charge on any atom is -0.462 e. The number of hydrogen-bond donors (Lipinski definition) is 2. The van der Waals surface area contributed by atoms with E-state index in [-0.39, 0.29) is 5.97 Å². The highest BCUT2D eigenvalue weighted by atomic mass is 79.9. The SMILES string of the molecule is CCCCCCCCCCOC(=O)c1cccc(NNBr)c1. The number of ether oxygens (including phenoxy) is 1. The van der Waals surface area contributed by atoms with E-state index in [1.807, 2.05) is 12.1 Å². The Hall–Kier alpha value is -1.07. The van der Waals surface area contributed by atoms with Gasteiger partial charge in [-0.1, -0.05) is 57.9 Å². The maximum absolute atomic E-state index is 11.9. The average Bonchev–Trinajstić information content (AvgIpc) is 2.54. The first-order valence-electron chi connectivity index (χ1n) is 8.16. The summed E-state index contributed by atoms with van der Waals surface area (Å²) in [5, 5.41) is 0. The number of unbranched alkanes of at least 4 members (excludes halogenated alkanes) is 7. The van der Waals surface area contributed by atoms with E-state index in [4.69, 9.17) is 4.74 Å². The van der Waals surface area contributed by atoms with Crippen LogP contribution in [0.2, 0.25) is 0 Å². The molecule has 0 saturated carbocycles. The molecule has 0 aliphatic heterocycles. The molecule has 0 saturated heterocycles. The molecule has 0 heterocycles. The molecule has 0 aliphatic carbocycles. The van der Waals surface area contributed by atoms with Crippen molar-refractivity contribution in [1.29, 1.82) is 0 Å². The first-order valence-corrected chi connectivity index (χ1v) is 8.96. The van der Waals surface area contributed by atoms with Crippen molar-refractivity contribution >= 4 is 27.8 Å². The summed E-state index contributed by atoms with van der Waals surface area (Å²) in [6.45, 7) is 2.73. The molecule has 0 amide bonds. The minimum atomic E-state index is -0.263. The van der Waals surface area contributed by atoms with Crippen molar-refractivity contribution in [2.24, 2.45) is 0 Å². The van der Waals surface area contributed by atoms with Crippen molar-refractivity contribution in [3.63, 3.8) is 0 Å². The molecule has 2 N–H and O–H groups in total. The molecule has 0 radical (unpaired) electrons. The minimum absolute atomic E-state index is 0.263. The highest BCUT2D eigenvalue weighted by Gasteiger charge is 2.07. The predicted octanol–water partition coefficient (Wildman–Crippen LogP) is 5.21. The summed E-state index contributed by atoms with van der Waals surface area (Å²) in [4.78, 5) is 11.9. The Morgan fingerprint density at radius 1 is 1.09 bits per heavy atom. The van der Waals surface area contributed by atoms with Gasteiger partial charge in [-0.25, -0.2) is 4.79 Å². The van der Waals surface area contributed by atoms with Gasteiger partial charge < -0.3 is 10.2 Å². The molecule has 5 heteroatoms. The summed E-state index contributed by atoms with van der Waals surface area (Å²) in [6, 6.07) is 7.20. The van der Waals surface area contributed by atoms with Crippen LogP contribution in [0.4, 0.5) is 5.69 Å². The lowest BCUT2D eigenvalue weighted by Crippen LogP contribution is -2.10.